The lowest BCUT2D eigenvalue weighted by molar-refractivity contribution is 0.404. The topological polar surface area (TPSA) is 54.2 Å². The maximum absolute atomic E-state index is 14.1. The van der Waals surface area contributed by atoms with Crippen molar-refractivity contribution in [2.75, 3.05) is 4.90 Å². The van der Waals surface area contributed by atoms with Gasteiger partial charge >= 0.3 is 0 Å². The number of thiocarbonyl (C=S) groups is 1. The molecule has 1 aliphatic rings. The van der Waals surface area contributed by atoms with Crippen LogP contribution < -0.4 is 10.2 Å². The summed E-state index contributed by atoms with van der Waals surface area (Å²) >= 11 is 5.65. The van der Waals surface area contributed by atoms with E-state index in [2.05, 4.69) is 15.5 Å². The minimum Gasteiger partial charge on any atom is -0.351 e. The van der Waals surface area contributed by atoms with Gasteiger partial charge in [-0.1, -0.05) is 47.1 Å². The zero-order valence-corrected chi connectivity index (χ0v) is 19.2. The molecule has 5 nitrogen and oxygen atoms in total. The van der Waals surface area contributed by atoms with Crippen molar-refractivity contribution >= 4 is 28.6 Å². The van der Waals surface area contributed by atoms with Gasteiger partial charge < -0.3 is 9.84 Å². The average Bonchev–Trinajstić information content (AvgIpc) is 3.30. The molecular formula is C26H20F2N4OS. The number of nitrogens with zero attached hydrogens (tertiary/aromatic N) is 3. The van der Waals surface area contributed by atoms with E-state index < -0.39 is 6.04 Å². The number of benzene rings is 3. The van der Waals surface area contributed by atoms with Gasteiger partial charge in [-0.2, -0.15) is 4.98 Å². The average molecular weight is 475 g/mol. The van der Waals surface area contributed by atoms with Gasteiger partial charge in [-0.15, -0.1) is 0 Å². The molecule has 1 unspecified atom stereocenters. The van der Waals surface area contributed by atoms with Gasteiger partial charge in [-0.05, 0) is 68.0 Å². The third kappa shape index (κ3) is 4.08. The molecule has 170 valence electrons. The fourth-order valence-electron chi connectivity index (χ4n) is 4.01. The number of rotatable bonds is 4. The van der Waals surface area contributed by atoms with Crippen LogP contribution in [0.3, 0.4) is 0 Å². The van der Waals surface area contributed by atoms with E-state index in [1.54, 1.807) is 29.2 Å². The van der Waals surface area contributed by atoms with E-state index in [1.165, 1.54) is 24.3 Å². The van der Waals surface area contributed by atoms with Crippen molar-refractivity contribution in [3.8, 4) is 11.4 Å². The van der Waals surface area contributed by atoms with Crippen molar-refractivity contribution in [2.24, 2.45) is 0 Å². The first kappa shape index (κ1) is 21.9. The van der Waals surface area contributed by atoms with Crippen molar-refractivity contribution in [3.63, 3.8) is 0 Å². The first-order chi connectivity index (χ1) is 16.4. The van der Waals surface area contributed by atoms with E-state index >= 15 is 0 Å². The Bertz CT molecular complexity index is 1400. The Hall–Kier alpha value is -3.91. The van der Waals surface area contributed by atoms with Gasteiger partial charge in [0, 0.05) is 16.9 Å². The molecule has 1 aliphatic heterocycles. The lowest BCUT2D eigenvalue weighted by Crippen LogP contribution is -2.46. The number of hydrogen-bond acceptors (Lipinski definition) is 4. The molecule has 5 rings (SSSR count). The Morgan fingerprint density at radius 2 is 1.68 bits per heavy atom. The summed E-state index contributed by atoms with van der Waals surface area (Å²) in [5, 5.41) is 7.84. The van der Waals surface area contributed by atoms with Crippen LogP contribution in [-0.4, -0.2) is 15.3 Å². The van der Waals surface area contributed by atoms with E-state index in [9.17, 15) is 8.78 Å². The molecule has 0 bridgehead atoms. The predicted molar refractivity (Wildman–Crippen MR) is 131 cm³/mol. The number of anilines is 1. The lowest BCUT2D eigenvalue weighted by Gasteiger charge is -2.37. The molecular weight excluding hydrogens is 454 g/mol. The summed E-state index contributed by atoms with van der Waals surface area (Å²) in [6.07, 6.45) is 0. The van der Waals surface area contributed by atoms with E-state index in [0.717, 1.165) is 11.1 Å². The molecule has 2 heterocycles. The Morgan fingerprint density at radius 1 is 0.941 bits per heavy atom. The van der Waals surface area contributed by atoms with Crippen LogP contribution in [-0.2, 0) is 0 Å². The summed E-state index contributed by atoms with van der Waals surface area (Å²) in [4.78, 5) is 6.42. The van der Waals surface area contributed by atoms with Crippen molar-refractivity contribution in [1.82, 2.24) is 15.5 Å². The zero-order chi connectivity index (χ0) is 23.8. The number of allylic oxidation sites excluding steroid dienone is 1. The third-order valence-corrected chi connectivity index (χ3v) is 6.02. The van der Waals surface area contributed by atoms with E-state index in [4.69, 9.17) is 16.7 Å². The molecule has 3 aromatic carbocycles. The van der Waals surface area contributed by atoms with Crippen molar-refractivity contribution in [3.05, 3.63) is 107 Å². The second kappa shape index (κ2) is 8.79. The molecule has 34 heavy (non-hydrogen) atoms. The highest BCUT2D eigenvalue weighted by atomic mass is 32.1. The van der Waals surface area contributed by atoms with Gasteiger partial charge in [0.15, 0.2) is 5.11 Å². The summed E-state index contributed by atoms with van der Waals surface area (Å²) in [5.41, 5.74) is 4.63. The molecule has 0 amide bonds. The van der Waals surface area contributed by atoms with Crippen LogP contribution in [0.5, 0.6) is 0 Å². The molecule has 0 saturated heterocycles. The van der Waals surface area contributed by atoms with Gasteiger partial charge in [0.25, 0.3) is 5.89 Å². The highest BCUT2D eigenvalue weighted by molar-refractivity contribution is 7.80. The number of aryl methyl sites for hydroxylation is 1. The Morgan fingerprint density at radius 3 is 2.38 bits per heavy atom. The highest BCUT2D eigenvalue weighted by Crippen LogP contribution is 2.39. The van der Waals surface area contributed by atoms with Gasteiger partial charge in [0.2, 0.25) is 5.82 Å². The van der Waals surface area contributed by atoms with E-state index in [1.807, 2.05) is 38.1 Å². The summed E-state index contributed by atoms with van der Waals surface area (Å²) in [7, 11) is 0. The first-order valence-electron chi connectivity index (χ1n) is 10.6. The maximum atomic E-state index is 14.1. The highest BCUT2D eigenvalue weighted by Gasteiger charge is 2.35. The van der Waals surface area contributed by atoms with Crippen LogP contribution in [0.15, 0.2) is 83.0 Å². The quantitative estimate of drug-likeness (QED) is 0.356. The molecule has 1 atom stereocenters. The molecule has 1 aromatic heterocycles. The molecule has 8 heteroatoms. The number of aromatic nitrogens is 2. The molecule has 0 aliphatic carbocycles. The number of halogens is 2. The maximum Gasteiger partial charge on any atom is 0.258 e. The summed E-state index contributed by atoms with van der Waals surface area (Å²) in [5.74, 6) is 0.00653. The van der Waals surface area contributed by atoms with Gasteiger partial charge in [-0.25, -0.2) is 8.78 Å². The minimum absolute atomic E-state index is 0.282. The summed E-state index contributed by atoms with van der Waals surface area (Å²) in [6, 6.07) is 19.6. The lowest BCUT2D eigenvalue weighted by atomic mass is 9.94. The molecule has 0 radical (unpaired) electrons. The SMILES string of the molecule is CC1=C(c2nc(-c3ccc(C)cc3)no2)C(c2cccc(F)c2)NC(=S)N1c1ccc(F)cc1. The minimum atomic E-state index is -0.522. The Balaban J connectivity index is 1.65. The molecule has 0 spiro atoms. The summed E-state index contributed by atoms with van der Waals surface area (Å²) in [6.45, 7) is 3.87. The van der Waals surface area contributed by atoms with Crippen LogP contribution in [0.1, 0.15) is 30.0 Å². The second-order valence-corrected chi connectivity index (χ2v) is 8.42. The van der Waals surface area contributed by atoms with Gasteiger partial charge in [0.1, 0.15) is 11.6 Å². The normalized spacial score (nSPS) is 16.1. The van der Waals surface area contributed by atoms with Crippen molar-refractivity contribution < 1.29 is 13.3 Å². The molecule has 1 N–H and O–H groups in total. The van der Waals surface area contributed by atoms with Crippen LogP contribution in [0.25, 0.3) is 17.0 Å². The van der Waals surface area contributed by atoms with Crippen LogP contribution in [0, 0.1) is 18.6 Å². The fraction of sp³-hybridized carbons (Fsp3) is 0.115. The van der Waals surface area contributed by atoms with Gasteiger partial charge in [0.05, 0.1) is 11.6 Å². The Kier molecular flexibility index (Phi) is 5.67. The van der Waals surface area contributed by atoms with Crippen LogP contribution >= 0.6 is 12.2 Å². The number of hydrogen-bond donors (Lipinski definition) is 1. The second-order valence-electron chi connectivity index (χ2n) is 8.04. The standard InChI is InChI=1S/C26H20F2N4OS/c1-15-6-8-17(9-7-15)24-30-25(33-31-24)22-16(2)32(21-12-10-19(27)11-13-21)26(34)29-23(22)18-4-3-5-20(28)14-18/h3-14,23H,1-2H3,(H,29,34). The van der Waals surface area contributed by atoms with E-state index in [-0.39, 0.29) is 17.5 Å². The van der Waals surface area contributed by atoms with Crippen molar-refractivity contribution in [2.45, 2.75) is 19.9 Å². The molecule has 4 aromatic rings. The smallest absolute Gasteiger partial charge is 0.258 e. The fourth-order valence-corrected chi connectivity index (χ4v) is 4.37. The first-order valence-corrected chi connectivity index (χ1v) is 11.0. The Labute approximate surface area is 200 Å². The van der Waals surface area contributed by atoms with Crippen LogP contribution in [0.2, 0.25) is 0 Å². The van der Waals surface area contributed by atoms with Gasteiger partial charge in [-0.3, -0.25) is 4.90 Å². The zero-order valence-electron chi connectivity index (χ0n) is 18.4. The molecule has 0 saturated carbocycles. The number of nitrogens with one attached hydrogen (secondary N) is 1. The monoisotopic (exact) mass is 474 g/mol. The predicted octanol–water partition coefficient (Wildman–Crippen LogP) is 6.19. The van der Waals surface area contributed by atoms with Crippen LogP contribution in [0.4, 0.5) is 14.5 Å². The summed E-state index contributed by atoms with van der Waals surface area (Å²) < 4.78 is 33.4. The third-order valence-electron chi connectivity index (χ3n) is 5.72. The largest absolute Gasteiger partial charge is 0.351 e. The van der Waals surface area contributed by atoms with Crippen molar-refractivity contribution in [1.29, 1.82) is 0 Å². The van der Waals surface area contributed by atoms with E-state index in [0.29, 0.717) is 33.5 Å². The molecule has 0 fully saturated rings.